The summed E-state index contributed by atoms with van der Waals surface area (Å²) in [6.07, 6.45) is 0. The van der Waals surface area contributed by atoms with Crippen molar-refractivity contribution in [3.63, 3.8) is 0 Å². The SMILES string of the molecule is N#Cc1ccc(Nc2nc3ccc(N)cc3o2)c(F)c1. The molecule has 6 heteroatoms. The molecule has 0 bridgehead atoms. The first-order valence-corrected chi connectivity index (χ1v) is 5.78. The first-order chi connectivity index (χ1) is 9.65. The molecule has 0 saturated heterocycles. The number of fused-ring (bicyclic) bond motifs is 1. The minimum Gasteiger partial charge on any atom is -0.423 e. The number of nitrogens with two attached hydrogens (primary N) is 1. The Morgan fingerprint density at radius 2 is 2.10 bits per heavy atom. The van der Waals surface area contributed by atoms with Gasteiger partial charge in [0.15, 0.2) is 5.58 Å². The largest absolute Gasteiger partial charge is 0.423 e. The molecule has 0 radical (unpaired) electrons. The van der Waals surface area contributed by atoms with Gasteiger partial charge in [-0.25, -0.2) is 4.39 Å². The maximum atomic E-state index is 13.7. The number of nitrogens with one attached hydrogen (secondary N) is 1. The van der Waals surface area contributed by atoms with Crippen LogP contribution < -0.4 is 11.1 Å². The smallest absolute Gasteiger partial charge is 0.300 e. The molecule has 0 aliphatic heterocycles. The van der Waals surface area contributed by atoms with Crippen LogP contribution in [-0.2, 0) is 0 Å². The van der Waals surface area contributed by atoms with Crippen LogP contribution in [0, 0.1) is 17.1 Å². The van der Waals surface area contributed by atoms with Gasteiger partial charge in [0, 0.05) is 11.8 Å². The number of oxazole rings is 1. The zero-order valence-electron chi connectivity index (χ0n) is 10.2. The second-order valence-corrected chi connectivity index (χ2v) is 4.18. The van der Waals surface area contributed by atoms with Gasteiger partial charge in [0.1, 0.15) is 11.3 Å². The number of rotatable bonds is 2. The van der Waals surface area contributed by atoms with Gasteiger partial charge in [-0.1, -0.05) is 0 Å². The predicted molar refractivity (Wildman–Crippen MR) is 72.8 cm³/mol. The molecule has 5 nitrogen and oxygen atoms in total. The third kappa shape index (κ3) is 2.12. The lowest BCUT2D eigenvalue weighted by atomic mass is 10.2. The summed E-state index contributed by atoms with van der Waals surface area (Å²) in [4.78, 5) is 4.17. The molecule has 0 atom stereocenters. The van der Waals surface area contributed by atoms with Crippen LogP contribution in [-0.4, -0.2) is 4.98 Å². The van der Waals surface area contributed by atoms with E-state index in [2.05, 4.69) is 10.3 Å². The van der Waals surface area contributed by atoms with Gasteiger partial charge in [-0.2, -0.15) is 10.2 Å². The highest BCUT2D eigenvalue weighted by molar-refractivity contribution is 5.78. The van der Waals surface area contributed by atoms with Crippen LogP contribution in [0.4, 0.5) is 21.8 Å². The maximum Gasteiger partial charge on any atom is 0.300 e. The van der Waals surface area contributed by atoms with Crippen molar-refractivity contribution < 1.29 is 8.81 Å². The summed E-state index contributed by atoms with van der Waals surface area (Å²) in [5.41, 5.74) is 7.77. The van der Waals surface area contributed by atoms with E-state index in [1.807, 2.05) is 6.07 Å². The van der Waals surface area contributed by atoms with Crippen LogP contribution in [0.25, 0.3) is 11.1 Å². The molecule has 98 valence electrons. The monoisotopic (exact) mass is 268 g/mol. The van der Waals surface area contributed by atoms with E-state index in [0.29, 0.717) is 16.8 Å². The summed E-state index contributed by atoms with van der Waals surface area (Å²) in [7, 11) is 0. The van der Waals surface area contributed by atoms with Gasteiger partial charge in [-0.05, 0) is 30.3 Å². The zero-order chi connectivity index (χ0) is 14.1. The van der Waals surface area contributed by atoms with Crippen LogP contribution >= 0.6 is 0 Å². The fourth-order valence-electron chi connectivity index (χ4n) is 1.80. The van der Waals surface area contributed by atoms with E-state index in [0.717, 1.165) is 6.07 Å². The molecule has 1 aromatic heterocycles. The third-order valence-electron chi connectivity index (χ3n) is 2.75. The Bertz CT molecular complexity index is 835. The lowest BCUT2D eigenvalue weighted by molar-refractivity contribution is 0.611. The van der Waals surface area contributed by atoms with Crippen LogP contribution in [0.5, 0.6) is 0 Å². The number of nitrogens with zero attached hydrogens (tertiary/aromatic N) is 2. The summed E-state index contributed by atoms with van der Waals surface area (Å²) >= 11 is 0. The molecule has 3 rings (SSSR count). The summed E-state index contributed by atoms with van der Waals surface area (Å²) in [5.74, 6) is -0.550. The number of anilines is 3. The number of nitriles is 1. The molecule has 0 amide bonds. The van der Waals surface area contributed by atoms with E-state index in [-0.39, 0.29) is 17.3 Å². The van der Waals surface area contributed by atoms with Gasteiger partial charge < -0.3 is 15.5 Å². The van der Waals surface area contributed by atoms with E-state index < -0.39 is 5.82 Å². The summed E-state index contributed by atoms with van der Waals surface area (Å²) in [6.45, 7) is 0. The van der Waals surface area contributed by atoms with E-state index in [4.69, 9.17) is 15.4 Å². The molecule has 3 aromatic rings. The number of benzene rings is 2. The van der Waals surface area contributed by atoms with Gasteiger partial charge in [-0.15, -0.1) is 0 Å². The standard InChI is InChI=1S/C14H9FN4O/c15-10-5-8(7-16)1-3-11(10)18-14-19-12-4-2-9(17)6-13(12)20-14/h1-6H,17H2,(H,18,19). The van der Waals surface area contributed by atoms with E-state index >= 15 is 0 Å². The number of hydrogen-bond acceptors (Lipinski definition) is 5. The molecular weight excluding hydrogens is 259 g/mol. The summed E-state index contributed by atoms with van der Waals surface area (Å²) < 4.78 is 19.2. The van der Waals surface area contributed by atoms with Gasteiger partial charge in [0.25, 0.3) is 6.01 Å². The van der Waals surface area contributed by atoms with Crippen molar-refractivity contribution in [2.24, 2.45) is 0 Å². The highest BCUT2D eigenvalue weighted by Gasteiger charge is 2.09. The minimum atomic E-state index is -0.550. The number of hydrogen-bond donors (Lipinski definition) is 2. The van der Waals surface area contributed by atoms with Gasteiger partial charge in [0.2, 0.25) is 0 Å². The molecule has 0 aliphatic rings. The lowest BCUT2D eigenvalue weighted by Crippen LogP contribution is -1.94. The van der Waals surface area contributed by atoms with Crippen molar-refractivity contribution in [1.82, 2.24) is 4.98 Å². The Hall–Kier alpha value is -3.07. The minimum absolute atomic E-state index is 0.161. The number of halogens is 1. The van der Waals surface area contributed by atoms with Gasteiger partial charge >= 0.3 is 0 Å². The van der Waals surface area contributed by atoms with Gasteiger partial charge in [0.05, 0.1) is 17.3 Å². The first-order valence-electron chi connectivity index (χ1n) is 5.78. The topological polar surface area (TPSA) is 87.9 Å². The normalized spacial score (nSPS) is 10.4. The molecule has 1 heterocycles. The Labute approximate surface area is 113 Å². The summed E-state index contributed by atoms with van der Waals surface area (Å²) in [5, 5.41) is 11.4. The van der Waals surface area contributed by atoms with E-state index in [1.165, 1.54) is 12.1 Å². The maximum absolute atomic E-state index is 13.7. The number of aromatic nitrogens is 1. The Kier molecular flexibility index (Phi) is 2.73. The van der Waals surface area contributed by atoms with E-state index in [9.17, 15) is 4.39 Å². The Morgan fingerprint density at radius 3 is 2.85 bits per heavy atom. The highest BCUT2D eigenvalue weighted by atomic mass is 19.1. The molecule has 0 spiro atoms. The Balaban J connectivity index is 1.95. The molecule has 0 aliphatic carbocycles. The Morgan fingerprint density at radius 1 is 1.25 bits per heavy atom. The van der Waals surface area contributed by atoms with Crippen molar-refractivity contribution in [2.45, 2.75) is 0 Å². The molecule has 20 heavy (non-hydrogen) atoms. The average molecular weight is 268 g/mol. The summed E-state index contributed by atoms with van der Waals surface area (Å²) in [6, 6.07) is 11.2. The zero-order valence-corrected chi connectivity index (χ0v) is 10.2. The lowest BCUT2D eigenvalue weighted by Gasteiger charge is -2.02. The third-order valence-corrected chi connectivity index (χ3v) is 2.75. The fourth-order valence-corrected chi connectivity index (χ4v) is 1.80. The predicted octanol–water partition coefficient (Wildman–Crippen LogP) is 3.16. The van der Waals surface area contributed by atoms with Crippen LogP contribution in [0.1, 0.15) is 5.56 Å². The molecule has 0 saturated carbocycles. The van der Waals surface area contributed by atoms with Crippen LogP contribution in [0.15, 0.2) is 40.8 Å². The molecular formula is C14H9FN4O. The van der Waals surface area contributed by atoms with Crippen molar-refractivity contribution in [2.75, 3.05) is 11.1 Å². The van der Waals surface area contributed by atoms with Gasteiger partial charge in [-0.3, -0.25) is 0 Å². The van der Waals surface area contributed by atoms with Crippen molar-refractivity contribution in [1.29, 1.82) is 5.26 Å². The number of nitrogen functional groups attached to an aromatic ring is 1. The molecule has 0 fully saturated rings. The molecule has 3 N–H and O–H groups in total. The van der Waals surface area contributed by atoms with Crippen molar-refractivity contribution in [3.05, 3.63) is 47.8 Å². The highest BCUT2D eigenvalue weighted by Crippen LogP contribution is 2.25. The average Bonchev–Trinajstić information content (AvgIpc) is 2.82. The second-order valence-electron chi connectivity index (χ2n) is 4.18. The van der Waals surface area contributed by atoms with Crippen LogP contribution in [0.2, 0.25) is 0 Å². The van der Waals surface area contributed by atoms with E-state index in [1.54, 1.807) is 18.2 Å². The molecule has 0 unspecified atom stereocenters. The first kappa shape index (κ1) is 12.0. The fraction of sp³-hybridized carbons (Fsp3) is 0. The van der Waals surface area contributed by atoms with Crippen molar-refractivity contribution >= 4 is 28.5 Å². The van der Waals surface area contributed by atoms with Crippen LogP contribution in [0.3, 0.4) is 0 Å². The quantitative estimate of drug-likeness (QED) is 0.697. The second kappa shape index (κ2) is 4.55. The van der Waals surface area contributed by atoms with Crippen molar-refractivity contribution in [3.8, 4) is 6.07 Å². The molecule has 2 aromatic carbocycles.